The summed E-state index contributed by atoms with van der Waals surface area (Å²) in [6, 6.07) is 4.64. The zero-order valence-electron chi connectivity index (χ0n) is 9.90. The highest BCUT2D eigenvalue weighted by Crippen LogP contribution is 2.18. The summed E-state index contributed by atoms with van der Waals surface area (Å²) < 4.78 is 0. The number of carboxylic acids is 1. The summed E-state index contributed by atoms with van der Waals surface area (Å²) in [5.74, 6) is -1.58. The van der Waals surface area contributed by atoms with Crippen LogP contribution in [-0.2, 0) is 6.42 Å². The van der Waals surface area contributed by atoms with Crippen molar-refractivity contribution in [2.24, 2.45) is 5.73 Å². The van der Waals surface area contributed by atoms with Crippen molar-refractivity contribution in [1.29, 1.82) is 0 Å². The second kappa shape index (κ2) is 6.03. The Hall–Kier alpha value is -1.84. The summed E-state index contributed by atoms with van der Waals surface area (Å²) >= 11 is 0. The Morgan fingerprint density at radius 3 is 2.41 bits per heavy atom. The van der Waals surface area contributed by atoms with Crippen LogP contribution < -0.4 is 5.73 Å². The molecule has 92 valence electrons. The standard InChI is InChI=1S/C13H17NO3/c1-2-3-4-6-9-10(12(14)15)7-5-8-11(9)13(16)17/h5,7-8H,2-4,6H2,1H3,(H2,14,15)(H,16,17). The first kappa shape index (κ1) is 13.2. The summed E-state index contributed by atoms with van der Waals surface area (Å²) in [4.78, 5) is 22.3. The van der Waals surface area contributed by atoms with Gasteiger partial charge in [0, 0.05) is 5.56 Å². The zero-order valence-corrected chi connectivity index (χ0v) is 9.90. The third-order valence-corrected chi connectivity index (χ3v) is 2.70. The predicted octanol–water partition coefficient (Wildman–Crippen LogP) is 2.22. The maximum absolute atomic E-state index is 11.3. The number of unbranched alkanes of at least 4 members (excludes halogenated alkanes) is 2. The van der Waals surface area contributed by atoms with E-state index < -0.39 is 11.9 Å². The fraction of sp³-hybridized carbons (Fsp3) is 0.385. The number of benzene rings is 1. The van der Waals surface area contributed by atoms with Gasteiger partial charge in [-0.1, -0.05) is 25.8 Å². The van der Waals surface area contributed by atoms with Gasteiger partial charge in [0.25, 0.3) is 0 Å². The van der Waals surface area contributed by atoms with Gasteiger partial charge < -0.3 is 10.8 Å². The lowest BCUT2D eigenvalue weighted by atomic mass is 9.95. The molecule has 1 rings (SSSR count). The molecule has 1 aromatic carbocycles. The molecule has 0 aliphatic heterocycles. The van der Waals surface area contributed by atoms with Crippen LogP contribution in [0.3, 0.4) is 0 Å². The smallest absolute Gasteiger partial charge is 0.335 e. The zero-order chi connectivity index (χ0) is 12.8. The topological polar surface area (TPSA) is 80.4 Å². The molecule has 0 aliphatic rings. The normalized spacial score (nSPS) is 10.2. The Balaban J connectivity index is 3.10. The highest BCUT2D eigenvalue weighted by atomic mass is 16.4. The Morgan fingerprint density at radius 1 is 1.24 bits per heavy atom. The molecule has 1 amide bonds. The second-order valence-corrected chi connectivity index (χ2v) is 3.96. The molecular formula is C13H17NO3. The molecule has 0 fully saturated rings. The van der Waals surface area contributed by atoms with Crippen molar-refractivity contribution in [2.75, 3.05) is 0 Å². The average Bonchev–Trinajstić information content (AvgIpc) is 2.28. The van der Waals surface area contributed by atoms with Crippen LogP contribution in [0, 0.1) is 0 Å². The third kappa shape index (κ3) is 3.31. The summed E-state index contributed by atoms with van der Waals surface area (Å²) in [5, 5.41) is 9.08. The van der Waals surface area contributed by atoms with Gasteiger partial charge in [-0.25, -0.2) is 4.79 Å². The van der Waals surface area contributed by atoms with Gasteiger partial charge in [0.1, 0.15) is 0 Å². The number of carbonyl (C=O) groups is 2. The van der Waals surface area contributed by atoms with Gasteiger partial charge in [0.2, 0.25) is 5.91 Å². The molecule has 0 spiro atoms. The Bertz CT molecular complexity index is 394. The van der Waals surface area contributed by atoms with E-state index in [4.69, 9.17) is 10.8 Å². The van der Waals surface area contributed by atoms with Crippen LogP contribution in [0.5, 0.6) is 0 Å². The minimum Gasteiger partial charge on any atom is -0.478 e. The van der Waals surface area contributed by atoms with Crippen LogP contribution in [0.4, 0.5) is 0 Å². The van der Waals surface area contributed by atoms with Gasteiger partial charge in [-0.05, 0) is 30.5 Å². The molecular weight excluding hydrogens is 218 g/mol. The molecule has 0 aromatic heterocycles. The van der Waals surface area contributed by atoms with Crippen molar-refractivity contribution in [1.82, 2.24) is 0 Å². The van der Waals surface area contributed by atoms with Crippen LogP contribution in [0.15, 0.2) is 18.2 Å². The van der Waals surface area contributed by atoms with Crippen LogP contribution >= 0.6 is 0 Å². The van der Waals surface area contributed by atoms with Crippen molar-refractivity contribution in [2.45, 2.75) is 32.6 Å². The molecule has 0 radical (unpaired) electrons. The van der Waals surface area contributed by atoms with Crippen LogP contribution in [0.25, 0.3) is 0 Å². The summed E-state index contributed by atoms with van der Waals surface area (Å²) in [6.07, 6.45) is 3.49. The van der Waals surface area contributed by atoms with E-state index in [0.717, 1.165) is 19.3 Å². The number of aromatic carboxylic acids is 1. The first-order valence-electron chi connectivity index (χ1n) is 5.73. The molecule has 0 unspecified atom stereocenters. The molecule has 4 heteroatoms. The first-order chi connectivity index (χ1) is 8.07. The van der Waals surface area contributed by atoms with Crippen LogP contribution in [0.2, 0.25) is 0 Å². The number of primary amides is 1. The van der Waals surface area contributed by atoms with Gasteiger partial charge in [0.05, 0.1) is 5.56 Å². The molecule has 17 heavy (non-hydrogen) atoms. The second-order valence-electron chi connectivity index (χ2n) is 3.96. The molecule has 0 heterocycles. The number of carboxylic acid groups (broad SMARTS) is 1. The van der Waals surface area contributed by atoms with Crippen LogP contribution in [-0.4, -0.2) is 17.0 Å². The van der Waals surface area contributed by atoms with E-state index >= 15 is 0 Å². The van der Waals surface area contributed by atoms with Gasteiger partial charge in [-0.15, -0.1) is 0 Å². The molecule has 0 saturated carbocycles. The Labute approximate surface area is 100 Å². The molecule has 0 atom stereocenters. The quantitative estimate of drug-likeness (QED) is 0.742. The van der Waals surface area contributed by atoms with Crippen LogP contribution in [0.1, 0.15) is 52.5 Å². The van der Waals surface area contributed by atoms with Gasteiger partial charge >= 0.3 is 5.97 Å². The average molecular weight is 235 g/mol. The minimum absolute atomic E-state index is 0.178. The number of amides is 1. The Kier molecular flexibility index (Phi) is 4.69. The van der Waals surface area contributed by atoms with Crippen molar-refractivity contribution in [3.05, 3.63) is 34.9 Å². The molecule has 0 bridgehead atoms. The predicted molar refractivity (Wildman–Crippen MR) is 65.1 cm³/mol. The highest BCUT2D eigenvalue weighted by Gasteiger charge is 2.16. The lowest BCUT2D eigenvalue weighted by molar-refractivity contribution is 0.0695. The number of carbonyl (C=O) groups excluding carboxylic acids is 1. The van der Waals surface area contributed by atoms with Gasteiger partial charge in [0.15, 0.2) is 0 Å². The molecule has 3 N–H and O–H groups in total. The SMILES string of the molecule is CCCCCc1c(C(N)=O)cccc1C(=O)O. The van der Waals surface area contributed by atoms with E-state index in [-0.39, 0.29) is 5.56 Å². The van der Waals surface area contributed by atoms with E-state index in [0.29, 0.717) is 17.5 Å². The lowest BCUT2D eigenvalue weighted by Gasteiger charge is -2.09. The van der Waals surface area contributed by atoms with Crippen molar-refractivity contribution < 1.29 is 14.7 Å². The fourth-order valence-corrected chi connectivity index (χ4v) is 1.84. The van der Waals surface area contributed by atoms with E-state index in [1.54, 1.807) is 12.1 Å². The third-order valence-electron chi connectivity index (χ3n) is 2.70. The number of hydrogen-bond donors (Lipinski definition) is 2. The Morgan fingerprint density at radius 2 is 1.88 bits per heavy atom. The van der Waals surface area contributed by atoms with E-state index in [2.05, 4.69) is 6.92 Å². The van der Waals surface area contributed by atoms with Crippen molar-refractivity contribution >= 4 is 11.9 Å². The molecule has 4 nitrogen and oxygen atoms in total. The number of hydrogen-bond acceptors (Lipinski definition) is 2. The maximum Gasteiger partial charge on any atom is 0.335 e. The highest BCUT2D eigenvalue weighted by molar-refractivity contribution is 5.99. The summed E-state index contributed by atoms with van der Waals surface area (Å²) in [5.41, 5.74) is 6.31. The van der Waals surface area contributed by atoms with Crippen molar-refractivity contribution in [3.8, 4) is 0 Å². The van der Waals surface area contributed by atoms with Gasteiger partial charge in [-0.3, -0.25) is 4.79 Å². The molecule has 0 saturated heterocycles. The lowest BCUT2D eigenvalue weighted by Crippen LogP contribution is -2.16. The number of nitrogens with two attached hydrogens (primary N) is 1. The van der Waals surface area contributed by atoms with Crippen molar-refractivity contribution in [3.63, 3.8) is 0 Å². The molecule has 1 aromatic rings. The van der Waals surface area contributed by atoms with Gasteiger partial charge in [-0.2, -0.15) is 0 Å². The summed E-state index contributed by atoms with van der Waals surface area (Å²) in [6.45, 7) is 2.07. The molecule has 0 aliphatic carbocycles. The van der Waals surface area contributed by atoms with E-state index in [1.807, 2.05) is 0 Å². The monoisotopic (exact) mass is 235 g/mol. The largest absolute Gasteiger partial charge is 0.478 e. The van der Waals surface area contributed by atoms with E-state index in [9.17, 15) is 9.59 Å². The fourth-order valence-electron chi connectivity index (χ4n) is 1.84. The summed E-state index contributed by atoms with van der Waals surface area (Å²) in [7, 11) is 0. The minimum atomic E-state index is -1.01. The number of rotatable bonds is 6. The maximum atomic E-state index is 11.3. The van der Waals surface area contributed by atoms with E-state index in [1.165, 1.54) is 6.07 Å². The first-order valence-corrected chi connectivity index (χ1v) is 5.73.